The van der Waals surface area contributed by atoms with Gasteiger partial charge in [-0.1, -0.05) is 36.4 Å². The molecule has 2 aliphatic carbocycles. The zero-order valence-electron chi connectivity index (χ0n) is 17.0. The van der Waals surface area contributed by atoms with Crippen LogP contribution in [0, 0.1) is 29.1 Å². The minimum absolute atomic E-state index is 0.197. The summed E-state index contributed by atoms with van der Waals surface area (Å²) in [7, 11) is 1.75. The highest BCUT2D eigenvalue weighted by atomic mass is 16.1. The number of nitrogens with zero attached hydrogens (tertiary/aromatic N) is 3. The van der Waals surface area contributed by atoms with Crippen LogP contribution in [-0.4, -0.2) is 17.7 Å². The van der Waals surface area contributed by atoms with Gasteiger partial charge in [-0.2, -0.15) is 5.26 Å². The summed E-state index contributed by atoms with van der Waals surface area (Å²) in [5.41, 5.74) is 3.37. The highest BCUT2D eigenvalue weighted by Crippen LogP contribution is 2.42. The van der Waals surface area contributed by atoms with Crippen molar-refractivity contribution in [3.05, 3.63) is 64.0 Å². The molecule has 148 valence electrons. The van der Waals surface area contributed by atoms with Crippen LogP contribution in [0.15, 0.2) is 52.9 Å². The van der Waals surface area contributed by atoms with Gasteiger partial charge in [0.1, 0.15) is 11.6 Å². The Hall–Kier alpha value is -2.80. The standard InChI is InChI=1S/C25H27N3O/c1-27-23-8-3-2-7-21(23)24(22(16-26)25(27)29)28-13-11-18(12-14-28)20-6-4-5-19(15-20)17-9-10-17/h2-5,7-8,15,17-18,20H,6,9-14H2,1H3. The van der Waals surface area contributed by atoms with Crippen molar-refractivity contribution in [3.63, 3.8) is 0 Å². The number of fused-ring (bicyclic) bond motifs is 1. The van der Waals surface area contributed by atoms with E-state index in [4.69, 9.17) is 0 Å². The van der Waals surface area contributed by atoms with E-state index in [9.17, 15) is 10.1 Å². The Labute approximate surface area is 171 Å². The molecule has 3 aliphatic rings. The Morgan fingerprint density at radius 1 is 1.10 bits per heavy atom. The number of nitriles is 1. The Morgan fingerprint density at radius 2 is 1.86 bits per heavy atom. The molecular weight excluding hydrogens is 358 g/mol. The van der Waals surface area contributed by atoms with Crippen LogP contribution in [0.5, 0.6) is 0 Å². The second-order valence-electron chi connectivity index (χ2n) is 8.78. The van der Waals surface area contributed by atoms with Gasteiger partial charge in [0.15, 0.2) is 0 Å². The van der Waals surface area contributed by atoms with Gasteiger partial charge >= 0.3 is 0 Å². The highest BCUT2D eigenvalue weighted by molar-refractivity contribution is 5.94. The SMILES string of the molecule is Cn1c(=O)c(C#N)c(N2CCC(C3C=C(C4CC4)C=CC3)CC2)c2ccccc21. The monoisotopic (exact) mass is 385 g/mol. The zero-order valence-corrected chi connectivity index (χ0v) is 17.0. The van der Waals surface area contributed by atoms with E-state index in [1.54, 1.807) is 17.2 Å². The molecule has 0 N–H and O–H groups in total. The zero-order chi connectivity index (χ0) is 20.0. The molecule has 1 aromatic carbocycles. The Morgan fingerprint density at radius 3 is 2.59 bits per heavy atom. The number of anilines is 1. The number of piperidine rings is 1. The number of hydrogen-bond donors (Lipinski definition) is 0. The van der Waals surface area contributed by atoms with Crippen molar-refractivity contribution in [1.82, 2.24) is 4.57 Å². The lowest BCUT2D eigenvalue weighted by Gasteiger charge is -2.38. The lowest BCUT2D eigenvalue weighted by molar-refractivity contribution is 0.317. The maximum absolute atomic E-state index is 12.8. The minimum Gasteiger partial charge on any atom is -0.370 e. The number of rotatable bonds is 3. The van der Waals surface area contributed by atoms with Crippen LogP contribution in [0.4, 0.5) is 5.69 Å². The molecule has 2 aromatic rings. The van der Waals surface area contributed by atoms with Gasteiger partial charge in [-0.15, -0.1) is 0 Å². The molecule has 1 unspecified atom stereocenters. The van der Waals surface area contributed by atoms with E-state index < -0.39 is 0 Å². The first-order valence-electron chi connectivity index (χ1n) is 10.8. The fourth-order valence-corrected chi connectivity index (χ4v) is 5.21. The predicted octanol–water partition coefficient (Wildman–Crippen LogP) is 4.54. The summed E-state index contributed by atoms with van der Waals surface area (Å²) in [4.78, 5) is 15.1. The van der Waals surface area contributed by atoms with Crippen molar-refractivity contribution in [2.24, 2.45) is 24.8 Å². The second kappa shape index (κ2) is 7.22. The minimum atomic E-state index is -0.197. The molecule has 1 atom stereocenters. The van der Waals surface area contributed by atoms with Crippen LogP contribution in [0.2, 0.25) is 0 Å². The van der Waals surface area contributed by atoms with Crippen LogP contribution in [-0.2, 0) is 7.05 Å². The van der Waals surface area contributed by atoms with Crippen molar-refractivity contribution >= 4 is 16.6 Å². The van der Waals surface area contributed by atoms with Crippen LogP contribution in [0.1, 0.15) is 37.7 Å². The number of allylic oxidation sites excluding steroid dienone is 4. The molecule has 2 heterocycles. The summed E-state index contributed by atoms with van der Waals surface area (Å²) in [5, 5.41) is 10.8. The fraction of sp³-hybridized carbons (Fsp3) is 0.440. The van der Waals surface area contributed by atoms with Gasteiger partial charge in [-0.3, -0.25) is 4.79 Å². The summed E-state index contributed by atoms with van der Waals surface area (Å²) in [6, 6.07) is 10.1. The molecule has 2 fully saturated rings. The first kappa shape index (κ1) is 18.2. The van der Waals surface area contributed by atoms with Crippen LogP contribution in [0.25, 0.3) is 10.9 Å². The Bertz CT molecular complexity index is 1110. The van der Waals surface area contributed by atoms with Crippen LogP contribution in [0.3, 0.4) is 0 Å². The lowest BCUT2D eigenvalue weighted by Crippen LogP contribution is -2.38. The van der Waals surface area contributed by atoms with E-state index in [0.29, 0.717) is 11.8 Å². The molecule has 1 aromatic heterocycles. The number of hydrogen-bond acceptors (Lipinski definition) is 3. The number of para-hydroxylation sites is 1. The highest BCUT2D eigenvalue weighted by Gasteiger charge is 2.31. The first-order chi connectivity index (χ1) is 14.2. The van der Waals surface area contributed by atoms with Crippen molar-refractivity contribution in [3.8, 4) is 6.07 Å². The van der Waals surface area contributed by atoms with Gasteiger partial charge in [0.2, 0.25) is 0 Å². The van der Waals surface area contributed by atoms with E-state index in [1.807, 2.05) is 24.3 Å². The van der Waals surface area contributed by atoms with Gasteiger partial charge in [-0.25, -0.2) is 0 Å². The van der Waals surface area contributed by atoms with Gasteiger partial charge in [0, 0.05) is 25.5 Å². The smallest absolute Gasteiger partial charge is 0.270 e. The molecule has 4 nitrogen and oxygen atoms in total. The van der Waals surface area contributed by atoms with E-state index in [2.05, 4.69) is 29.2 Å². The third-order valence-corrected chi connectivity index (χ3v) is 7.02. The summed E-state index contributed by atoms with van der Waals surface area (Å²) in [6.45, 7) is 1.81. The molecule has 4 heteroatoms. The fourth-order valence-electron chi connectivity index (χ4n) is 5.21. The van der Waals surface area contributed by atoms with Crippen LogP contribution < -0.4 is 10.5 Å². The molecule has 0 amide bonds. The molecule has 29 heavy (non-hydrogen) atoms. The number of aryl methyl sites for hydroxylation is 1. The molecule has 1 aliphatic heterocycles. The summed E-state index contributed by atoms with van der Waals surface area (Å²) in [5.74, 6) is 2.15. The summed E-state index contributed by atoms with van der Waals surface area (Å²) in [6.07, 6.45) is 13.3. The lowest BCUT2D eigenvalue weighted by atomic mass is 9.78. The third-order valence-electron chi connectivity index (χ3n) is 7.02. The molecule has 5 rings (SSSR count). The molecule has 1 saturated carbocycles. The van der Waals surface area contributed by atoms with Gasteiger partial charge in [-0.05, 0) is 61.5 Å². The van der Waals surface area contributed by atoms with E-state index in [0.717, 1.165) is 54.9 Å². The van der Waals surface area contributed by atoms with E-state index in [-0.39, 0.29) is 11.1 Å². The van der Waals surface area contributed by atoms with Crippen molar-refractivity contribution in [2.45, 2.75) is 32.1 Å². The van der Waals surface area contributed by atoms with Crippen molar-refractivity contribution in [2.75, 3.05) is 18.0 Å². The molecule has 0 spiro atoms. The number of aromatic nitrogens is 1. The average Bonchev–Trinajstić information content (AvgIpc) is 3.62. The third kappa shape index (κ3) is 3.19. The van der Waals surface area contributed by atoms with Gasteiger partial charge < -0.3 is 9.47 Å². The van der Waals surface area contributed by atoms with Gasteiger partial charge in [0.25, 0.3) is 5.56 Å². The van der Waals surface area contributed by atoms with Crippen LogP contribution >= 0.6 is 0 Å². The molecular formula is C25H27N3O. The molecule has 1 saturated heterocycles. The van der Waals surface area contributed by atoms with E-state index in [1.165, 1.54) is 12.8 Å². The Kier molecular flexibility index (Phi) is 4.54. The molecule has 0 bridgehead atoms. The predicted molar refractivity (Wildman–Crippen MR) is 117 cm³/mol. The molecule has 0 radical (unpaired) electrons. The Balaban J connectivity index is 1.42. The summed E-state index contributed by atoms with van der Waals surface area (Å²) < 4.78 is 1.60. The second-order valence-corrected chi connectivity index (χ2v) is 8.78. The maximum atomic E-state index is 12.8. The number of benzene rings is 1. The normalized spacial score (nSPS) is 22.6. The average molecular weight is 386 g/mol. The quantitative estimate of drug-likeness (QED) is 0.779. The van der Waals surface area contributed by atoms with E-state index >= 15 is 0 Å². The topological polar surface area (TPSA) is 49.0 Å². The summed E-state index contributed by atoms with van der Waals surface area (Å²) >= 11 is 0. The largest absolute Gasteiger partial charge is 0.370 e. The number of pyridine rings is 1. The first-order valence-corrected chi connectivity index (χ1v) is 10.8. The maximum Gasteiger partial charge on any atom is 0.270 e. The van der Waals surface area contributed by atoms with Crippen molar-refractivity contribution < 1.29 is 0 Å². The van der Waals surface area contributed by atoms with Crippen molar-refractivity contribution in [1.29, 1.82) is 5.26 Å². The van der Waals surface area contributed by atoms with Gasteiger partial charge in [0.05, 0.1) is 11.2 Å².